The van der Waals surface area contributed by atoms with Gasteiger partial charge in [0.2, 0.25) is 0 Å². The smallest absolute Gasteiger partial charge is 0.410 e. The molecule has 1 aliphatic carbocycles. The molecule has 2 fully saturated rings. The fraction of sp³-hybridized carbons (Fsp3) is 0.905. The van der Waals surface area contributed by atoms with Crippen molar-refractivity contribution in [2.75, 3.05) is 33.2 Å². The average molecular weight is 435 g/mol. The summed E-state index contributed by atoms with van der Waals surface area (Å²) in [6.07, 6.45) is -0.540. The molecule has 2 aliphatic rings. The van der Waals surface area contributed by atoms with E-state index in [4.69, 9.17) is 4.74 Å². The van der Waals surface area contributed by atoms with E-state index >= 15 is 0 Å². The summed E-state index contributed by atoms with van der Waals surface area (Å²) in [5.41, 5.74) is -0.516. The highest BCUT2D eigenvalue weighted by molar-refractivity contribution is 5.80. The molecule has 1 N–H and O–H groups in total. The molecule has 0 aromatic carbocycles. The van der Waals surface area contributed by atoms with Crippen LogP contribution in [0.4, 0.5) is 18.0 Å². The van der Waals surface area contributed by atoms with Crippen molar-refractivity contribution in [3.8, 4) is 0 Å². The number of ether oxygens (including phenoxy) is 1. The first-order chi connectivity index (χ1) is 14.0. The van der Waals surface area contributed by atoms with Crippen LogP contribution in [0.25, 0.3) is 0 Å². The summed E-state index contributed by atoms with van der Waals surface area (Å²) >= 11 is 0. The number of carbonyl (C=O) groups excluding carboxylic acids is 1. The van der Waals surface area contributed by atoms with E-state index in [1.807, 2.05) is 25.7 Å². The molecular weight excluding hydrogens is 397 g/mol. The van der Waals surface area contributed by atoms with Crippen LogP contribution in [0.5, 0.6) is 0 Å². The van der Waals surface area contributed by atoms with Gasteiger partial charge in [0.1, 0.15) is 5.60 Å². The maximum atomic E-state index is 12.7. The number of piperidine rings is 1. The number of hydrogen-bond acceptors (Lipinski definition) is 3. The van der Waals surface area contributed by atoms with Gasteiger partial charge < -0.3 is 19.9 Å². The molecule has 174 valence electrons. The lowest BCUT2D eigenvalue weighted by molar-refractivity contribution is -0.135. The van der Waals surface area contributed by atoms with Crippen molar-refractivity contribution >= 4 is 12.1 Å². The molecule has 1 amide bonds. The predicted molar refractivity (Wildman–Crippen MR) is 112 cm³/mol. The van der Waals surface area contributed by atoms with Crippen molar-refractivity contribution in [1.29, 1.82) is 0 Å². The lowest BCUT2D eigenvalue weighted by atomic mass is 10.0. The molecule has 9 heteroatoms. The van der Waals surface area contributed by atoms with Crippen LogP contribution < -0.4 is 5.32 Å². The molecule has 2 rings (SSSR count). The van der Waals surface area contributed by atoms with Gasteiger partial charge in [-0.15, -0.1) is 0 Å². The minimum absolute atomic E-state index is 0.113. The fourth-order valence-electron chi connectivity index (χ4n) is 3.64. The number of nitrogens with zero attached hydrogens (tertiary/aromatic N) is 3. The molecular formula is C21H37F3N4O2. The predicted octanol–water partition coefficient (Wildman–Crippen LogP) is 4.41. The Balaban J connectivity index is 1.81. The summed E-state index contributed by atoms with van der Waals surface area (Å²) < 4.78 is 42.4. The molecule has 0 aromatic rings. The maximum absolute atomic E-state index is 12.7. The topological polar surface area (TPSA) is 57.2 Å². The van der Waals surface area contributed by atoms with Crippen molar-refractivity contribution < 1.29 is 22.7 Å². The Kier molecular flexibility index (Phi) is 8.67. The number of unbranched alkanes of at least 4 members (excludes halogenated alkanes) is 1. The van der Waals surface area contributed by atoms with Gasteiger partial charge in [-0.2, -0.15) is 13.2 Å². The summed E-state index contributed by atoms with van der Waals surface area (Å²) in [5.74, 6) is 1.30. The number of guanidine groups is 1. The highest BCUT2D eigenvalue weighted by Gasteiger charge is 2.35. The number of likely N-dealkylation sites (tertiary alicyclic amines) is 1. The second-order valence-corrected chi connectivity index (χ2v) is 9.34. The number of carbonyl (C=O) groups is 1. The zero-order chi connectivity index (χ0) is 22.4. The van der Waals surface area contributed by atoms with Crippen LogP contribution in [0.15, 0.2) is 4.99 Å². The van der Waals surface area contributed by atoms with E-state index in [0.717, 1.165) is 32.5 Å². The van der Waals surface area contributed by atoms with Crippen molar-refractivity contribution in [2.45, 2.75) is 83.5 Å². The Morgan fingerprint density at radius 2 is 1.77 bits per heavy atom. The standard InChI is InChI=1S/C21H37F3N4O2/c1-20(2,3)30-19(29)28(15-16-7-8-16)17-9-13-27(14-10-17)18(25-4)26-12-6-5-11-21(22,23)24/h16-17H,5-15H2,1-4H3,(H,25,26). The van der Waals surface area contributed by atoms with Gasteiger partial charge in [0, 0.05) is 45.7 Å². The molecule has 1 aliphatic heterocycles. The van der Waals surface area contributed by atoms with Crippen LogP contribution in [-0.2, 0) is 4.74 Å². The number of aliphatic imine (C=N–C) groups is 1. The first kappa shape index (κ1) is 24.6. The number of nitrogens with one attached hydrogen (secondary N) is 1. The Morgan fingerprint density at radius 1 is 1.13 bits per heavy atom. The Bertz CT molecular complexity index is 578. The Morgan fingerprint density at radius 3 is 2.27 bits per heavy atom. The van der Waals surface area contributed by atoms with Crippen molar-refractivity contribution in [1.82, 2.24) is 15.1 Å². The summed E-state index contributed by atoms with van der Waals surface area (Å²) in [4.78, 5) is 21.0. The van der Waals surface area contributed by atoms with E-state index < -0.39 is 18.2 Å². The van der Waals surface area contributed by atoms with Crippen LogP contribution in [0.3, 0.4) is 0 Å². The van der Waals surface area contributed by atoms with E-state index in [2.05, 4.69) is 15.2 Å². The molecule has 1 saturated heterocycles. The lowest BCUT2D eigenvalue weighted by Crippen LogP contribution is -2.52. The van der Waals surface area contributed by atoms with Crippen molar-refractivity contribution in [3.05, 3.63) is 0 Å². The molecule has 0 unspecified atom stereocenters. The van der Waals surface area contributed by atoms with E-state index in [1.165, 1.54) is 12.8 Å². The van der Waals surface area contributed by atoms with Gasteiger partial charge in [-0.25, -0.2) is 4.79 Å². The maximum Gasteiger partial charge on any atom is 0.410 e. The molecule has 0 aromatic heterocycles. The van der Waals surface area contributed by atoms with E-state index in [0.29, 0.717) is 24.8 Å². The van der Waals surface area contributed by atoms with Crippen molar-refractivity contribution in [2.24, 2.45) is 10.9 Å². The monoisotopic (exact) mass is 434 g/mol. The molecule has 0 radical (unpaired) electrons. The van der Waals surface area contributed by atoms with E-state index in [1.54, 1.807) is 7.05 Å². The second kappa shape index (κ2) is 10.6. The highest BCUT2D eigenvalue weighted by atomic mass is 19.4. The average Bonchev–Trinajstić information content (AvgIpc) is 3.45. The number of amides is 1. The van der Waals surface area contributed by atoms with Gasteiger partial charge in [-0.05, 0) is 65.2 Å². The minimum atomic E-state index is -4.09. The molecule has 0 spiro atoms. The van der Waals surface area contributed by atoms with Gasteiger partial charge in [0.25, 0.3) is 0 Å². The molecule has 0 bridgehead atoms. The summed E-state index contributed by atoms with van der Waals surface area (Å²) in [7, 11) is 1.68. The SMILES string of the molecule is CN=C(NCCCCC(F)(F)F)N1CCC(N(CC2CC2)C(=O)OC(C)(C)C)CC1. The summed E-state index contributed by atoms with van der Waals surface area (Å²) in [6, 6.07) is 0.140. The molecule has 0 atom stereocenters. The fourth-order valence-corrected chi connectivity index (χ4v) is 3.64. The number of halogens is 3. The number of rotatable bonds is 7. The first-order valence-electron chi connectivity index (χ1n) is 11.0. The van der Waals surface area contributed by atoms with Crippen molar-refractivity contribution in [3.63, 3.8) is 0 Å². The quantitative estimate of drug-likeness (QED) is 0.366. The van der Waals surface area contributed by atoms with Gasteiger partial charge in [-0.3, -0.25) is 4.99 Å². The number of alkyl halides is 3. The van der Waals surface area contributed by atoms with Crippen LogP contribution in [0, 0.1) is 5.92 Å². The zero-order valence-corrected chi connectivity index (χ0v) is 18.7. The third-order valence-corrected chi connectivity index (χ3v) is 5.37. The lowest BCUT2D eigenvalue weighted by Gasteiger charge is -2.40. The molecule has 1 heterocycles. The number of hydrogen-bond donors (Lipinski definition) is 1. The van der Waals surface area contributed by atoms with Gasteiger partial charge in [0.15, 0.2) is 5.96 Å². The minimum Gasteiger partial charge on any atom is -0.444 e. The second-order valence-electron chi connectivity index (χ2n) is 9.34. The van der Waals surface area contributed by atoms with E-state index in [9.17, 15) is 18.0 Å². The largest absolute Gasteiger partial charge is 0.444 e. The van der Waals surface area contributed by atoms with Gasteiger partial charge in [0.05, 0.1) is 0 Å². The third-order valence-electron chi connectivity index (χ3n) is 5.37. The Hall–Kier alpha value is -1.67. The van der Waals surface area contributed by atoms with Gasteiger partial charge in [-0.1, -0.05) is 0 Å². The van der Waals surface area contributed by atoms with Crippen LogP contribution in [0.2, 0.25) is 0 Å². The van der Waals surface area contributed by atoms with Crippen LogP contribution >= 0.6 is 0 Å². The Labute approximate surface area is 178 Å². The highest BCUT2D eigenvalue weighted by Crippen LogP contribution is 2.32. The first-order valence-corrected chi connectivity index (χ1v) is 11.0. The molecule has 30 heavy (non-hydrogen) atoms. The zero-order valence-electron chi connectivity index (χ0n) is 18.7. The van der Waals surface area contributed by atoms with Crippen LogP contribution in [-0.4, -0.2) is 72.9 Å². The van der Waals surface area contributed by atoms with E-state index in [-0.39, 0.29) is 18.6 Å². The normalized spacial score (nSPS) is 19.0. The molecule has 6 nitrogen and oxygen atoms in total. The third kappa shape index (κ3) is 9.00. The summed E-state index contributed by atoms with van der Waals surface area (Å²) in [6.45, 7) is 8.36. The van der Waals surface area contributed by atoms with Crippen LogP contribution in [0.1, 0.15) is 65.7 Å². The van der Waals surface area contributed by atoms with Gasteiger partial charge >= 0.3 is 12.3 Å². The molecule has 1 saturated carbocycles. The summed E-state index contributed by atoms with van der Waals surface area (Å²) in [5, 5.41) is 3.17.